The van der Waals surface area contributed by atoms with Crippen LogP contribution in [0, 0.1) is 0 Å². The first-order valence-electron chi connectivity index (χ1n) is 6.60. The summed E-state index contributed by atoms with van der Waals surface area (Å²) >= 11 is 0. The quantitative estimate of drug-likeness (QED) is 0.824. The zero-order valence-corrected chi connectivity index (χ0v) is 12.1. The second kappa shape index (κ2) is 7.79. The molecule has 0 aromatic heterocycles. The number of rotatable bonds is 7. The third-order valence-electron chi connectivity index (χ3n) is 2.63. The SMILES string of the molecule is COCCC(C)NC(=O)c1ccccc1OC(C)C. The predicted molar refractivity (Wildman–Crippen MR) is 75.6 cm³/mol. The van der Waals surface area contributed by atoms with Crippen molar-refractivity contribution in [2.45, 2.75) is 39.3 Å². The van der Waals surface area contributed by atoms with Gasteiger partial charge in [-0.3, -0.25) is 4.79 Å². The molecule has 0 saturated carbocycles. The Kier molecular flexibility index (Phi) is 6.36. The van der Waals surface area contributed by atoms with Crippen LogP contribution >= 0.6 is 0 Å². The van der Waals surface area contributed by atoms with Crippen LogP contribution in [0.5, 0.6) is 5.75 Å². The van der Waals surface area contributed by atoms with Gasteiger partial charge in [0, 0.05) is 19.8 Å². The molecule has 0 spiro atoms. The van der Waals surface area contributed by atoms with Crippen LogP contribution in [-0.4, -0.2) is 31.8 Å². The van der Waals surface area contributed by atoms with Crippen LogP contribution < -0.4 is 10.1 Å². The van der Waals surface area contributed by atoms with E-state index in [-0.39, 0.29) is 18.1 Å². The Labute approximate surface area is 115 Å². The Bertz CT molecular complexity index is 404. The molecule has 0 bridgehead atoms. The van der Waals surface area contributed by atoms with Crippen molar-refractivity contribution in [3.8, 4) is 5.75 Å². The fourth-order valence-corrected chi connectivity index (χ4v) is 1.68. The van der Waals surface area contributed by atoms with Crippen molar-refractivity contribution >= 4 is 5.91 Å². The minimum absolute atomic E-state index is 0.0415. The van der Waals surface area contributed by atoms with Crippen molar-refractivity contribution in [2.24, 2.45) is 0 Å². The molecule has 0 aliphatic carbocycles. The number of hydrogen-bond donors (Lipinski definition) is 1. The highest BCUT2D eigenvalue weighted by Crippen LogP contribution is 2.19. The van der Waals surface area contributed by atoms with Gasteiger partial charge in [-0.25, -0.2) is 0 Å². The summed E-state index contributed by atoms with van der Waals surface area (Å²) in [6.07, 6.45) is 0.829. The van der Waals surface area contributed by atoms with Crippen LogP contribution in [-0.2, 0) is 4.74 Å². The number of methoxy groups -OCH3 is 1. The van der Waals surface area contributed by atoms with Crippen LogP contribution in [0.1, 0.15) is 37.6 Å². The Balaban J connectivity index is 2.70. The molecule has 1 amide bonds. The van der Waals surface area contributed by atoms with Gasteiger partial charge in [-0.1, -0.05) is 12.1 Å². The van der Waals surface area contributed by atoms with E-state index in [0.717, 1.165) is 6.42 Å². The van der Waals surface area contributed by atoms with Crippen LogP contribution in [0.25, 0.3) is 0 Å². The molecule has 1 aromatic rings. The fraction of sp³-hybridized carbons (Fsp3) is 0.533. The molecule has 0 fully saturated rings. The average molecular weight is 265 g/mol. The van der Waals surface area contributed by atoms with Gasteiger partial charge in [0.1, 0.15) is 5.75 Å². The lowest BCUT2D eigenvalue weighted by atomic mass is 10.1. The summed E-state index contributed by atoms with van der Waals surface area (Å²) in [6, 6.07) is 7.36. The van der Waals surface area contributed by atoms with Gasteiger partial charge in [0.25, 0.3) is 5.91 Å². The summed E-state index contributed by atoms with van der Waals surface area (Å²) in [6.45, 7) is 6.47. The van der Waals surface area contributed by atoms with E-state index in [1.165, 1.54) is 0 Å². The summed E-state index contributed by atoms with van der Waals surface area (Å²) in [7, 11) is 1.65. The maximum absolute atomic E-state index is 12.2. The number of ether oxygens (including phenoxy) is 2. The van der Waals surface area contributed by atoms with Gasteiger partial charge in [-0.05, 0) is 39.3 Å². The number of hydrogen-bond acceptors (Lipinski definition) is 3. The van der Waals surface area contributed by atoms with E-state index < -0.39 is 0 Å². The molecule has 106 valence electrons. The molecule has 0 aliphatic rings. The standard InChI is InChI=1S/C15H23NO3/c1-11(2)19-14-8-6-5-7-13(14)15(17)16-12(3)9-10-18-4/h5-8,11-12H,9-10H2,1-4H3,(H,16,17). The molecule has 0 radical (unpaired) electrons. The lowest BCUT2D eigenvalue weighted by molar-refractivity contribution is 0.0924. The molecule has 4 nitrogen and oxygen atoms in total. The molecule has 0 saturated heterocycles. The van der Waals surface area contributed by atoms with E-state index in [1.54, 1.807) is 13.2 Å². The van der Waals surface area contributed by atoms with Gasteiger partial charge < -0.3 is 14.8 Å². The molecule has 1 rings (SSSR count). The molecule has 1 N–H and O–H groups in total. The first-order valence-corrected chi connectivity index (χ1v) is 6.60. The van der Waals surface area contributed by atoms with Gasteiger partial charge in [-0.15, -0.1) is 0 Å². The Hall–Kier alpha value is -1.55. The largest absolute Gasteiger partial charge is 0.490 e. The topological polar surface area (TPSA) is 47.6 Å². The van der Waals surface area contributed by atoms with Crippen molar-refractivity contribution in [3.05, 3.63) is 29.8 Å². The van der Waals surface area contributed by atoms with Crippen LogP contribution in [0.15, 0.2) is 24.3 Å². The number of carbonyl (C=O) groups is 1. The van der Waals surface area contributed by atoms with E-state index in [4.69, 9.17) is 9.47 Å². The lowest BCUT2D eigenvalue weighted by Gasteiger charge is -2.17. The van der Waals surface area contributed by atoms with Gasteiger partial charge in [0.05, 0.1) is 11.7 Å². The number of carbonyl (C=O) groups excluding carboxylic acids is 1. The Morgan fingerprint density at radius 1 is 1.26 bits per heavy atom. The minimum atomic E-state index is -0.111. The molecule has 19 heavy (non-hydrogen) atoms. The van der Waals surface area contributed by atoms with E-state index in [2.05, 4.69) is 5.32 Å². The molecular formula is C15H23NO3. The van der Waals surface area contributed by atoms with Gasteiger partial charge in [-0.2, -0.15) is 0 Å². The number of para-hydroxylation sites is 1. The maximum atomic E-state index is 12.2. The van der Waals surface area contributed by atoms with E-state index in [1.807, 2.05) is 39.0 Å². The first kappa shape index (κ1) is 15.5. The molecular weight excluding hydrogens is 242 g/mol. The third-order valence-corrected chi connectivity index (χ3v) is 2.63. The summed E-state index contributed by atoms with van der Waals surface area (Å²) < 4.78 is 10.6. The Morgan fingerprint density at radius 3 is 2.58 bits per heavy atom. The summed E-state index contributed by atoms with van der Waals surface area (Å²) in [4.78, 5) is 12.2. The number of benzene rings is 1. The van der Waals surface area contributed by atoms with Crippen molar-refractivity contribution < 1.29 is 14.3 Å². The predicted octanol–water partition coefficient (Wildman–Crippen LogP) is 2.63. The molecule has 0 aliphatic heterocycles. The summed E-state index contributed by atoms with van der Waals surface area (Å²) in [5.41, 5.74) is 0.570. The molecule has 1 atom stereocenters. The molecule has 1 unspecified atom stereocenters. The molecule has 0 heterocycles. The monoisotopic (exact) mass is 265 g/mol. The Morgan fingerprint density at radius 2 is 1.95 bits per heavy atom. The van der Waals surface area contributed by atoms with Crippen molar-refractivity contribution in [2.75, 3.05) is 13.7 Å². The smallest absolute Gasteiger partial charge is 0.255 e. The minimum Gasteiger partial charge on any atom is -0.490 e. The highest BCUT2D eigenvalue weighted by Gasteiger charge is 2.14. The number of amides is 1. The normalized spacial score (nSPS) is 12.3. The highest BCUT2D eigenvalue weighted by atomic mass is 16.5. The van der Waals surface area contributed by atoms with E-state index in [9.17, 15) is 4.79 Å². The van der Waals surface area contributed by atoms with Crippen molar-refractivity contribution in [3.63, 3.8) is 0 Å². The number of nitrogens with one attached hydrogen (secondary N) is 1. The lowest BCUT2D eigenvalue weighted by Crippen LogP contribution is -2.33. The van der Waals surface area contributed by atoms with E-state index in [0.29, 0.717) is 17.9 Å². The van der Waals surface area contributed by atoms with Crippen molar-refractivity contribution in [1.82, 2.24) is 5.32 Å². The molecule has 1 aromatic carbocycles. The van der Waals surface area contributed by atoms with Gasteiger partial charge >= 0.3 is 0 Å². The van der Waals surface area contributed by atoms with Crippen LogP contribution in [0.4, 0.5) is 0 Å². The van der Waals surface area contributed by atoms with Gasteiger partial charge in [0.15, 0.2) is 0 Å². The highest BCUT2D eigenvalue weighted by molar-refractivity contribution is 5.97. The summed E-state index contributed by atoms with van der Waals surface area (Å²) in [5, 5.41) is 2.95. The second-order valence-corrected chi connectivity index (χ2v) is 4.82. The van der Waals surface area contributed by atoms with Crippen molar-refractivity contribution in [1.29, 1.82) is 0 Å². The fourth-order valence-electron chi connectivity index (χ4n) is 1.68. The van der Waals surface area contributed by atoms with Crippen LogP contribution in [0.3, 0.4) is 0 Å². The summed E-state index contributed by atoms with van der Waals surface area (Å²) in [5.74, 6) is 0.508. The zero-order chi connectivity index (χ0) is 14.3. The second-order valence-electron chi connectivity index (χ2n) is 4.82. The molecule has 4 heteroatoms. The zero-order valence-electron chi connectivity index (χ0n) is 12.1. The van der Waals surface area contributed by atoms with Gasteiger partial charge in [0.2, 0.25) is 0 Å². The van der Waals surface area contributed by atoms with Crippen LogP contribution in [0.2, 0.25) is 0 Å². The first-order chi connectivity index (χ1) is 9.04. The third kappa shape index (κ3) is 5.30. The maximum Gasteiger partial charge on any atom is 0.255 e. The average Bonchev–Trinajstić information content (AvgIpc) is 2.36. The van der Waals surface area contributed by atoms with E-state index >= 15 is 0 Å².